The monoisotopic (exact) mass is 214 g/mol. The van der Waals surface area contributed by atoms with E-state index in [4.69, 9.17) is 11.6 Å². The van der Waals surface area contributed by atoms with Crippen LogP contribution in [0.4, 0.5) is 0 Å². The molecule has 0 spiro atoms. The van der Waals surface area contributed by atoms with E-state index in [1.54, 1.807) is 0 Å². The highest BCUT2D eigenvalue weighted by Crippen LogP contribution is 2.10. The Morgan fingerprint density at radius 1 is 0.786 bits per heavy atom. The van der Waals surface area contributed by atoms with Crippen LogP contribution in [0.1, 0.15) is 71.1 Å². The summed E-state index contributed by atoms with van der Waals surface area (Å²) >= 11 is 5.25. The fourth-order valence-electron chi connectivity index (χ4n) is 1.57. The van der Waals surface area contributed by atoms with Gasteiger partial charge in [-0.25, -0.2) is 0 Å². The Kier molecular flexibility index (Phi) is 12.7. The van der Waals surface area contributed by atoms with E-state index >= 15 is 0 Å². The van der Waals surface area contributed by atoms with E-state index in [9.17, 15) is 0 Å². The first-order valence-electron chi connectivity index (χ1n) is 6.00. The van der Waals surface area contributed by atoms with E-state index in [2.05, 4.69) is 18.2 Å². The van der Waals surface area contributed by atoms with Crippen LogP contribution in [-0.2, 0) is 0 Å². The van der Waals surface area contributed by atoms with Crippen molar-refractivity contribution in [2.45, 2.75) is 71.1 Å². The smallest absolute Gasteiger partial charge is 0.0101 e. The number of hydrogen-bond acceptors (Lipinski definition) is 0. The van der Waals surface area contributed by atoms with Gasteiger partial charge in [-0.1, -0.05) is 64.2 Å². The van der Waals surface area contributed by atoms with Gasteiger partial charge in [0, 0.05) is 11.8 Å². The van der Waals surface area contributed by atoms with Crippen LogP contribution in [0.2, 0.25) is 0 Å². The second kappa shape index (κ2) is 12.8. The Morgan fingerprint density at radius 3 is 1.79 bits per heavy atom. The van der Waals surface area contributed by atoms with Gasteiger partial charge in [-0.3, -0.25) is 0 Å². The molecule has 0 unspecified atom stereocenters. The van der Waals surface area contributed by atoms with Crippen LogP contribution in [0.25, 0.3) is 0 Å². The van der Waals surface area contributed by atoms with Crippen LogP contribution < -0.4 is 0 Å². The molecule has 1 heteroatoms. The lowest BCUT2D eigenvalue weighted by Gasteiger charge is -1.99. The second-order valence-corrected chi connectivity index (χ2v) is 4.04. The zero-order valence-corrected chi connectivity index (χ0v) is 10.2. The molecule has 0 nitrogen and oxygen atoms in total. The molecule has 0 amide bonds. The molecule has 0 aromatic heterocycles. The molecule has 0 aromatic carbocycles. The van der Waals surface area contributed by atoms with Gasteiger partial charge >= 0.3 is 0 Å². The third-order valence-electron chi connectivity index (χ3n) is 2.47. The molecule has 0 atom stereocenters. The molecule has 14 heavy (non-hydrogen) atoms. The molecule has 0 aromatic rings. The van der Waals surface area contributed by atoms with Crippen molar-refractivity contribution < 1.29 is 0 Å². The summed E-state index contributed by atoms with van der Waals surface area (Å²) < 4.78 is 0. The summed E-state index contributed by atoms with van der Waals surface area (Å²) in [6, 6.07) is 0. The van der Waals surface area contributed by atoms with Gasteiger partial charge in [0.15, 0.2) is 0 Å². The maximum absolute atomic E-state index is 5.25. The molecule has 0 aliphatic carbocycles. The summed E-state index contributed by atoms with van der Waals surface area (Å²) in [6.45, 7) is 2.26. The summed E-state index contributed by atoms with van der Waals surface area (Å²) in [5.41, 5.74) is 0. The summed E-state index contributed by atoms with van der Waals surface area (Å²) in [7, 11) is 0. The maximum Gasteiger partial charge on any atom is 0.0101 e. The van der Waals surface area contributed by atoms with Gasteiger partial charge in [-0.05, 0) is 18.0 Å². The van der Waals surface area contributed by atoms with Crippen molar-refractivity contribution in [3.63, 3.8) is 0 Å². The molecular weight excluding hydrogens is 192 g/mol. The van der Waals surface area contributed by atoms with Crippen LogP contribution in [0, 0.1) is 11.3 Å². The van der Waals surface area contributed by atoms with Crippen molar-refractivity contribution in [2.24, 2.45) is 0 Å². The number of rotatable bonds is 9. The molecule has 0 fully saturated rings. The predicted octanol–water partition coefficient (Wildman–Crippen LogP) is 5.11. The molecule has 0 N–H and O–H groups in total. The first-order valence-corrected chi connectivity index (χ1v) is 6.38. The number of halogens is 1. The normalized spacial score (nSPS) is 9.57. The van der Waals surface area contributed by atoms with Crippen molar-refractivity contribution in [3.8, 4) is 11.3 Å². The highest BCUT2D eigenvalue weighted by Gasteiger charge is 1.90. The first-order chi connectivity index (χ1) is 6.91. The molecule has 82 valence electrons. The summed E-state index contributed by atoms with van der Waals surface area (Å²) in [5.74, 6) is 2.88. The van der Waals surface area contributed by atoms with E-state index in [1.165, 1.54) is 57.8 Å². The fraction of sp³-hybridized carbons (Fsp3) is 0.846. The topological polar surface area (TPSA) is 0 Å². The SMILES string of the molecule is CCCCCCCCCCCC#CCl. The zero-order chi connectivity index (χ0) is 10.5. The van der Waals surface area contributed by atoms with Crippen LogP contribution in [-0.4, -0.2) is 0 Å². The van der Waals surface area contributed by atoms with E-state index in [1.807, 2.05) is 0 Å². The highest BCUT2D eigenvalue weighted by molar-refractivity contribution is 6.30. The quantitative estimate of drug-likeness (QED) is 0.370. The molecule has 0 rings (SSSR count). The Labute approximate surface area is 94.4 Å². The molecule has 0 aliphatic rings. The third kappa shape index (κ3) is 11.8. The van der Waals surface area contributed by atoms with Crippen molar-refractivity contribution >= 4 is 11.6 Å². The average Bonchev–Trinajstić information content (AvgIpc) is 2.21. The highest BCUT2D eigenvalue weighted by atomic mass is 35.5. The second-order valence-electron chi connectivity index (χ2n) is 3.85. The van der Waals surface area contributed by atoms with E-state index in [-0.39, 0.29) is 0 Å². The minimum atomic E-state index is 0.972. The predicted molar refractivity (Wildman–Crippen MR) is 65.5 cm³/mol. The Balaban J connectivity index is 2.87. The third-order valence-corrected chi connectivity index (χ3v) is 2.61. The van der Waals surface area contributed by atoms with E-state index in [0.717, 1.165) is 6.42 Å². The zero-order valence-electron chi connectivity index (χ0n) is 9.45. The Hall–Kier alpha value is -0.150. The molecule has 0 radical (unpaired) electrons. The molecule has 0 aliphatic heterocycles. The van der Waals surface area contributed by atoms with Crippen molar-refractivity contribution in [1.29, 1.82) is 0 Å². The fourth-order valence-corrected chi connectivity index (χ4v) is 1.67. The van der Waals surface area contributed by atoms with Gasteiger partial charge in [0.2, 0.25) is 0 Å². The van der Waals surface area contributed by atoms with E-state index in [0.29, 0.717) is 0 Å². The summed E-state index contributed by atoms with van der Waals surface area (Å²) in [5, 5.41) is 2.42. The molecular formula is C13H23Cl. The summed E-state index contributed by atoms with van der Waals surface area (Å²) in [4.78, 5) is 0. The van der Waals surface area contributed by atoms with Gasteiger partial charge in [-0.2, -0.15) is 0 Å². The van der Waals surface area contributed by atoms with Crippen molar-refractivity contribution in [1.82, 2.24) is 0 Å². The molecule has 0 saturated heterocycles. The van der Waals surface area contributed by atoms with Crippen LogP contribution in [0.15, 0.2) is 0 Å². The lowest BCUT2D eigenvalue weighted by atomic mass is 10.1. The minimum absolute atomic E-state index is 0.972. The minimum Gasteiger partial charge on any atom is -0.0859 e. The van der Waals surface area contributed by atoms with Crippen LogP contribution in [0.5, 0.6) is 0 Å². The van der Waals surface area contributed by atoms with Gasteiger partial charge < -0.3 is 0 Å². The lowest BCUT2D eigenvalue weighted by Crippen LogP contribution is -1.80. The summed E-state index contributed by atoms with van der Waals surface area (Å²) in [6.07, 6.45) is 13.3. The molecule has 0 bridgehead atoms. The van der Waals surface area contributed by atoms with Gasteiger partial charge in [-0.15, -0.1) is 0 Å². The van der Waals surface area contributed by atoms with Crippen LogP contribution in [0.3, 0.4) is 0 Å². The number of hydrogen-bond donors (Lipinski definition) is 0. The van der Waals surface area contributed by atoms with Crippen molar-refractivity contribution in [3.05, 3.63) is 0 Å². The van der Waals surface area contributed by atoms with Gasteiger partial charge in [0.05, 0.1) is 0 Å². The van der Waals surface area contributed by atoms with E-state index < -0.39 is 0 Å². The van der Waals surface area contributed by atoms with Gasteiger partial charge in [0.25, 0.3) is 0 Å². The average molecular weight is 215 g/mol. The van der Waals surface area contributed by atoms with Crippen LogP contribution >= 0.6 is 11.6 Å². The first kappa shape index (κ1) is 13.8. The molecule has 0 saturated carbocycles. The number of unbranched alkanes of at least 4 members (excludes halogenated alkanes) is 9. The maximum atomic E-state index is 5.25. The standard InChI is InChI=1S/C13H23Cl/c1-2-3-4-5-6-7-8-9-10-11-12-13-14/h2-11H2,1H3. The molecule has 0 heterocycles. The lowest BCUT2D eigenvalue weighted by molar-refractivity contribution is 0.567. The Bertz CT molecular complexity index is 152. The van der Waals surface area contributed by atoms with Gasteiger partial charge in [0.1, 0.15) is 0 Å². The largest absolute Gasteiger partial charge is 0.0859 e. The van der Waals surface area contributed by atoms with Crippen molar-refractivity contribution in [2.75, 3.05) is 0 Å². The Morgan fingerprint density at radius 2 is 1.29 bits per heavy atom.